The molecule has 1 N–H and O–H groups in total. The first-order chi connectivity index (χ1) is 12.2. The van der Waals surface area contributed by atoms with Gasteiger partial charge in [0.25, 0.3) is 0 Å². The van der Waals surface area contributed by atoms with Crippen LogP contribution in [0.15, 0.2) is 30.3 Å². The van der Waals surface area contributed by atoms with E-state index in [0.29, 0.717) is 22.0 Å². The van der Waals surface area contributed by atoms with Crippen molar-refractivity contribution in [3.8, 4) is 16.9 Å². The molecule has 3 nitrogen and oxygen atoms in total. The largest absolute Gasteiger partial charge is 0.491 e. The quantitative estimate of drug-likeness (QED) is 0.782. The first kappa shape index (κ1) is 15.8. The summed E-state index contributed by atoms with van der Waals surface area (Å²) in [6.07, 6.45) is 2.25. The second-order valence-corrected chi connectivity index (χ2v) is 7.86. The Balaban J connectivity index is 1.70. The first-order valence-corrected chi connectivity index (χ1v) is 9.72. The third kappa shape index (κ3) is 2.44. The highest BCUT2D eigenvalue weighted by Gasteiger charge is 2.42. The van der Waals surface area contributed by atoms with Crippen LogP contribution in [0, 0.1) is 0 Å². The number of rotatable bonds is 1. The van der Waals surface area contributed by atoms with E-state index >= 15 is 0 Å². The number of nitrogens with one attached hydrogen (secondary N) is 1. The number of hydrogen-bond donors (Lipinski definition) is 1. The second-order valence-electron chi connectivity index (χ2n) is 7.08. The monoisotopic (exact) mass is 374 g/mol. The summed E-state index contributed by atoms with van der Waals surface area (Å²) in [5, 5.41) is 4.76. The van der Waals surface area contributed by atoms with E-state index in [1.165, 1.54) is 17.7 Å². The molecule has 2 aromatic carbocycles. The molecule has 5 heteroatoms. The van der Waals surface area contributed by atoms with Gasteiger partial charge in [-0.1, -0.05) is 35.3 Å². The number of ether oxygens (including phenoxy) is 1. The zero-order valence-corrected chi connectivity index (χ0v) is 15.4. The van der Waals surface area contributed by atoms with Crippen molar-refractivity contribution >= 4 is 28.9 Å². The Labute approximate surface area is 157 Å². The van der Waals surface area contributed by atoms with Gasteiger partial charge in [-0.3, -0.25) is 0 Å². The zero-order chi connectivity index (χ0) is 17.0. The lowest BCUT2D eigenvalue weighted by Crippen LogP contribution is -2.44. The summed E-state index contributed by atoms with van der Waals surface area (Å²) in [6.45, 7) is 3.97. The molecule has 0 radical (unpaired) electrons. The van der Waals surface area contributed by atoms with Gasteiger partial charge in [0.2, 0.25) is 0 Å². The molecule has 0 spiro atoms. The SMILES string of the molecule is Clc1cccc(-c2cc3c4c(c2)[C@@H]2CNCC[C@@H]2N4CCCO3)c1Cl. The number of nitrogens with zero attached hydrogens (tertiary/aromatic N) is 1. The summed E-state index contributed by atoms with van der Waals surface area (Å²) in [6, 6.07) is 10.8. The molecular weight excluding hydrogens is 355 g/mol. The van der Waals surface area contributed by atoms with Crippen molar-refractivity contribution in [1.82, 2.24) is 5.32 Å². The Hall–Kier alpha value is -1.42. The molecule has 2 aromatic rings. The molecule has 0 aliphatic carbocycles. The minimum atomic E-state index is 0.516. The van der Waals surface area contributed by atoms with Crippen LogP contribution in [-0.4, -0.2) is 32.3 Å². The molecule has 0 unspecified atom stereocenters. The van der Waals surface area contributed by atoms with Gasteiger partial charge < -0.3 is 15.0 Å². The van der Waals surface area contributed by atoms with Crippen molar-refractivity contribution in [3.63, 3.8) is 0 Å². The average Bonchev–Trinajstić information content (AvgIpc) is 2.79. The molecule has 0 aromatic heterocycles. The Bertz CT molecular complexity index is 839. The lowest BCUT2D eigenvalue weighted by Gasteiger charge is -2.33. The van der Waals surface area contributed by atoms with Crippen LogP contribution in [0.2, 0.25) is 10.0 Å². The van der Waals surface area contributed by atoms with E-state index in [1.807, 2.05) is 18.2 Å². The minimum Gasteiger partial charge on any atom is -0.491 e. The van der Waals surface area contributed by atoms with E-state index in [-0.39, 0.29) is 0 Å². The lowest BCUT2D eigenvalue weighted by molar-refractivity contribution is 0.319. The van der Waals surface area contributed by atoms with Crippen LogP contribution in [0.4, 0.5) is 5.69 Å². The van der Waals surface area contributed by atoms with Gasteiger partial charge in [0.05, 0.1) is 22.3 Å². The summed E-state index contributed by atoms with van der Waals surface area (Å²) >= 11 is 12.7. The molecule has 0 bridgehead atoms. The second kappa shape index (κ2) is 6.08. The molecule has 3 aliphatic rings. The smallest absolute Gasteiger partial charge is 0.143 e. The molecular formula is C20H20Cl2N2O. The predicted molar refractivity (Wildman–Crippen MR) is 103 cm³/mol. The Morgan fingerprint density at radius 3 is 3.04 bits per heavy atom. The van der Waals surface area contributed by atoms with Crippen LogP contribution in [0.3, 0.4) is 0 Å². The van der Waals surface area contributed by atoms with Crippen molar-refractivity contribution in [3.05, 3.63) is 45.9 Å². The number of benzene rings is 2. The molecule has 2 atom stereocenters. The van der Waals surface area contributed by atoms with Crippen molar-refractivity contribution < 1.29 is 4.74 Å². The number of hydrogen-bond acceptors (Lipinski definition) is 3. The number of anilines is 1. The summed E-state index contributed by atoms with van der Waals surface area (Å²) in [5.74, 6) is 1.51. The van der Waals surface area contributed by atoms with E-state index in [9.17, 15) is 0 Å². The fourth-order valence-electron chi connectivity index (χ4n) is 4.61. The molecule has 3 aliphatic heterocycles. The average molecular weight is 375 g/mol. The third-order valence-corrected chi connectivity index (χ3v) is 6.52. The van der Waals surface area contributed by atoms with Crippen molar-refractivity contribution in [1.29, 1.82) is 0 Å². The van der Waals surface area contributed by atoms with Gasteiger partial charge in [0.15, 0.2) is 0 Å². The van der Waals surface area contributed by atoms with Gasteiger partial charge in [-0.05, 0) is 48.7 Å². The lowest BCUT2D eigenvalue weighted by atomic mass is 9.88. The standard InChI is InChI=1S/C20H20Cl2N2O/c21-16-4-1-3-13(19(16)22)12-9-14-15-11-23-6-5-17(15)24-7-2-8-25-18(10-12)20(14)24/h1,3-4,9-10,15,17,23H,2,5-8,11H2/t15-,17-/m0/s1. The van der Waals surface area contributed by atoms with E-state index in [1.54, 1.807) is 0 Å². The summed E-state index contributed by atoms with van der Waals surface area (Å²) in [5.41, 5.74) is 4.76. The van der Waals surface area contributed by atoms with Crippen LogP contribution in [-0.2, 0) is 0 Å². The molecule has 130 valence electrons. The normalized spacial score (nSPS) is 24.3. The maximum Gasteiger partial charge on any atom is 0.143 e. The Morgan fingerprint density at radius 2 is 2.12 bits per heavy atom. The van der Waals surface area contributed by atoms with Crippen LogP contribution >= 0.6 is 23.2 Å². The fourth-order valence-corrected chi connectivity index (χ4v) is 5.02. The minimum absolute atomic E-state index is 0.516. The molecule has 5 rings (SSSR count). The zero-order valence-electron chi connectivity index (χ0n) is 13.9. The van der Waals surface area contributed by atoms with Gasteiger partial charge in [-0.15, -0.1) is 0 Å². The van der Waals surface area contributed by atoms with Crippen molar-refractivity contribution in [2.45, 2.75) is 24.8 Å². The van der Waals surface area contributed by atoms with Gasteiger partial charge in [-0.2, -0.15) is 0 Å². The van der Waals surface area contributed by atoms with Gasteiger partial charge in [-0.25, -0.2) is 0 Å². The number of piperidine rings is 1. The van der Waals surface area contributed by atoms with Crippen LogP contribution in [0.25, 0.3) is 11.1 Å². The highest BCUT2D eigenvalue weighted by atomic mass is 35.5. The Kier molecular flexibility index (Phi) is 3.85. The highest BCUT2D eigenvalue weighted by molar-refractivity contribution is 6.43. The van der Waals surface area contributed by atoms with Crippen LogP contribution < -0.4 is 15.0 Å². The van der Waals surface area contributed by atoms with Crippen LogP contribution in [0.1, 0.15) is 24.3 Å². The number of halogens is 2. The van der Waals surface area contributed by atoms with E-state index in [2.05, 4.69) is 22.3 Å². The number of fused-ring (bicyclic) bond motifs is 3. The van der Waals surface area contributed by atoms with Gasteiger partial charge in [0.1, 0.15) is 5.75 Å². The maximum absolute atomic E-state index is 6.49. The van der Waals surface area contributed by atoms with E-state index < -0.39 is 0 Å². The van der Waals surface area contributed by atoms with E-state index in [4.69, 9.17) is 27.9 Å². The molecule has 0 saturated carbocycles. The highest BCUT2D eigenvalue weighted by Crippen LogP contribution is 2.51. The molecule has 3 heterocycles. The predicted octanol–water partition coefficient (Wildman–Crippen LogP) is 4.71. The summed E-state index contributed by atoms with van der Waals surface area (Å²) in [4.78, 5) is 2.59. The van der Waals surface area contributed by atoms with Crippen molar-refractivity contribution in [2.24, 2.45) is 0 Å². The molecule has 1 saturated heterocycles. The topological polar surface area (TPSA) is 24.5 Å². The molecule has 1 fully saturated rings. The molecule has 0 amide bonds. The maximum atomic E-state index is 6.49. The van der Waals surface area contributed by atoms with Gasteiger partial charge in [0, 0.05) is 30.6 Å². The van der Waals surface area contributed by atoms with Crippen molar-refractivity contribution in [2.75, 3.05) is 31.1 Å². The summed E-state index contributed by atoms with van der Waals surface area (Å²) in [7, 11) is 0. The first-order valence-electron chi connectivity index (χ1n) is 8.96. The van der Waals surface area contributed by atoms with Gasteiger partial charge >= 0.3 is 0 Å². The van der Waals surface area contributed by atoms with E-state index in [0.717, 1.165) is 49.5 Å². The molecule has 25 heavy (non-hydrogen) atoms. The third-order valence-electron chi connectivity index (χ3n) is 5.70. The Morgan fingerprint density at radius 1 is 1.20 bits per heavy atom. The van der Waals surface area contributed by atoms with Crippen LogP contribution in [0.5, 0.6) is 5.75 Å². The summed E-state index contributed by atoms with van der Waals surface area (Å²) < 4.78 is 6.14. The fraction of sp³-hybridized carbons (Fsp3) is 0.400.